The molecule has 0 saturated heterocycles. The predicted octanol–water partition coefficient (Wildman–Crippen LogP) is 2.91. The van der Waals surface area contributed by atoms with Crippen molar-refractivity contribution < 1.29 is 62.6 Å². The number of alkyl halides is 6. The molecule has 0 aliphatic carbocycles. The zero-order valence-corrected chi connectivity index (χ0v) is 19.6. The van der Waals surface area contributed by atoms with Gasteiger partial charge in [0.1, 0.15) is 0 Å². The number of carbonyl (C=O) groups excluding carboxylic acids is 1. The number of halogens is 6. The van der Waals surface area contributed by atoms with Crippen LogP contribution in [0.15, 0.2) is 0 Å². The van der Waals surface area contributed by atoms with Gasteiger partial charge in [-0.05, 0) is 34.6 Å². The summed E-state index contributed by atoms with van der Waals surface area (Å²) in [5.74, 6) is -5.04. The topological polar surface area (TPSA) is 132 Å². The molecule has 0 aliphatic rings. The van der Waals surface area contributed by atoms with Crippen LogP contribution in [0, 0.1) is 0 Å². The molecule has 0 heterocycles. The van der Waals surface area contributed by atoms with Gasteiger partial charge < -0.3 is 9.84 Å². The summed E-state index contributed by atoms with van der Waals surface area (Å²) < 4.78 is 117. The minimum Gasteiger partial charge on any atom is -0.480 e. The number of carbonyl (C=O) groups is 2. The number of ether oxygens (including phenoxy) is 1. The first-order valence-electron chi connectivity index (χ1n) is 8.83. The van der Waals surface area contributed by atoms with Crippen LogP contribution in [0.25, 0.3) is 0 Å². The summed E-state index contributed by atoms with van der Waals surface area (Å²) in [6.07, 6.45) is -12.2. The van der Waals surface area contributed by atoms with Gasteiger partial charge in [-0.1, -0.05) is 0 Å². The highest BCUT2D eigenvalue weighted by Crippen LogP contribution is 2.26. The maximum Gasteiger partial charge on any atom is 0.390 e. The molecule has 16 heteroatoms. The molecular weight excluding hydrogens is 498 g/mol. The lowest BCUT2D eigenvalue weighted by Gasteiger charge is -2.22. The van der Waals surface area contributed by atoms with E-state index in [1.807, 2.05) is 0 Å². The second-order valence-corrected chi connectivity index (χ2v) is 12.7. The lowest BCUT2D eigenvalue weighted by atomic mass is 10.2. The standard InChI is InChI=1S/C9H15F3O4S.C7H11F3O4S/c1-4-16-7(13)8(2,3)17(14,15)6-5-9(10,11)12;1-6(2,5(11)12)15(13,14)4-3-7(8,9)10/h4-6H2,1-3H3;3-4H2,1-2H3,(H,11,12). The second kappa shape index (κ2) is 11.0. The number of esters is 1. The first-order chi connectivity index (χ1) is 13.8. The SMILES string of the molecule is CC(C)(C(=O)O)S(=O)(=O)CCC(F)(F)F.CCOC(=O)C(C)(C)S(=O)(=O)CCC(F)(F)F. The molecule has 0 fully saturated rings. The van der Waals surface area contributed by atoms with E-state index in [2.05, 4.69) is 4.74 Å². The Kier molecular flexibility index (Phi) is 11.2. The Bertz CT molecular complexity index is 856. The summed E-state index contributed by atoms with van der Waals surface area (Å²) in [5, 5.41) is 8.55. The van der Waals surface area contributed by atoms with Crippen LogP contribution in [0.1, 0.15) is 47.5 Å². The van der Waals surface area contributed by atoms with Crippen molar-refractivity contribution in [1.82, 2.24) is 0 Å². The molecule has 8 nitrogen and oxygen atoms in total. The molecule has 0 saturated carbocycles. The number of rotatable bonds is 9. The highest BCUT2D eigenvalue weighted by molar-refractivity contribution is 7.93. The summed E-state index contributed by atoms with van der Waals surface area (Å²) in [6, 6.07) is 0. The number of hydrogen-bond acceptors (Lipinski definition) is 7. The molecule has 0 radical (unpaired) electrons. The molecule has 0 aliphatic heterocycles. The van der Waals surface area contributed by atoms with E-state index in [0.717, 1.165) is 27.7 Å². The number of hydrogen-bond donors (Lipinski definition) is 1. The summed E-state index contributed by atoms with van der Waals surface area (Å²) in [6.45, 7) is 5.25. The van der Waals surface area contributed by atoms with Crippen molar-refractivity contribution >= 4 is 31.6 Å². The Morgan fingerprint density at radius 1 is 0.750 bits per heavy atom. The van der Waals surface area contributed by atoms with Crippen molar-refractivity contribution in [3.63, 3.8) is 0 Å². The van der Waals surface area contributed by atoms with Crippen LogP contribution in [0.2, 0.25) is 0 Å². The van der Waals surface area contributed by atoms with Crippen molar-refractivity contribution in [3.8, 4) is 0 Å². The molecule has 0 aromatic carbocycles. The average molecular weight is 524 g/mol. The molecule has 0 amide bonds. The van der Waals surface area contributed by atoms with E-state index >= 15 is 0 Å². The summed E-state index contributed by atoms with van der Waals surface area (Å²) in [7, 11) is -8.52. The van der Waals surface area contributed by atoms with Gasteiger partial charge in [-0.15, -0.1) is 0 Å². The van der Waals surface area contributed by atoms with E-state index in [1.54, 1.807) is 0 Å². The van der Waals surface area contributed by atoms with Crippen LogP contribution >= 0.6 is 0 Å². The maximum absolute atomic E-state index is 11.9. The van der Waals surface area contributed by atoms with E-state index in [-0.39, 0.29) is 6.61 Å². The number of carboxylic acids is 1. The third kappa shape index (κ3) is 10.4. The molecule has 32 heavy (non-hydrogen) atoms. The summed E-state index contributed by atoms with van der Waals surface area (Å²) in [5.41, 5.74) is 0. The van der Waals surface area contributed by atoms with Crippen LogP contribution < -0.4 is 0 Å². The average Bonchev–Trinajstić information content (AvgIpc) is 2.57. The first-order valence-corrected chi connectivity index (χ1v) is 12.1. The van der Waals surface area contributed by atoms with Gasteiger partial charge in [-0.3, -0.25) is 9.59 Å². The van der Waals surface area contributed by atoms with Crippen LogP contribution in [0.4, 0.5) is 26.3 Å². The molecule has 192 valence electrons. The van der Waals surface area contributed by atoms with Crippen molar-refractivity contribution in [2.45, 2.75) is 69.3 Å². The summed E-state index contributed by atoms with van der Waals surface area (Å²) >= 11 is 0. The lowest BCUT2D eigenvalue weighted by molar-refractivity contribution is -0.145. The van der Waals surface area contributed by atoms with Gasteiger partial charge in [0.25, 0.3) is 0 Å². The maximum atomic E-state index is 11.9. The van der Waals surface area contributed by atoms with E-state index in [0.29, 0.717) is 0 Å². The van der Waals surface area contributed by atoms with Crippen molar-refractivity contribution in [2.75, 3.05) is 18.1 Å². The van der Waals surface area contributed by atoms with Gasteiger partial charge in [0.2, 0.25) is 0 Å². The van der Waals surface area contributed by atoms with Crippen LogP contribution in [-0.4, -0.2) is 73.8 Å². The molecule has 0 atom stereocenters. The second-order valence-electron chi connectivity index (χ2n) is 7.41. The molecule has 0 spiro atoms. The molecule has 0 unspecified atom stereocenters. The fourth-order valence-electron chi connectivity index (χ4n) is 1.58. The highest BCUT2D eigenvalue weighted by atomic mass is 32.2. The van der Waals surface area contributed by atoms with Crippen molar-refractivity contribution in [2.24, 2.45) is 0 Å². The van der Waals surface area contributed by atoms with Gasteiger partial charge >= 0.3 is 24.3 Å². The zero-order valence-electron chi connectivity index (χ0n) is 17.9. The minimum absolute atomic E-state index is 0.0307. The highest BCUT2D eigenvalue weighted by Gasteiger charge is 2.45. The molecule has 0 aromatic rings. The van der Waals surface area contributed by atoms with E-state index in [1.165, 1.54) is 6.92 Å². The van der Waals surface area contributed by atoms with Crippen LogP contribution in [-0.2, 0) is 34.0 Å². The largest absolute Gasteiger partial charge is 0.480 e. The normalized spacial score (nSPS) is 13.7. The molecular formula is C16H26F6O8S2. The Morgan fingerprint density at radius 2 is 1.06 bits per heavy atom. The van der Waals surface area contributed by atoms with E-state index in [4.69, 9.17) is 5.11 Å². The Labute approximate surface area is 182 Å². The smallest absolute Gasteiger partial charge is 0.390 e. The number of carboxylic acid groups (broad SMARTS) is 1. The predicted molar refractivity (Wildman–Crippen MR) is 101 cm³/mol. The number of sulfone groups is 2. The number of aliphatic carboxylic acids is 1. The Morgan fingerprint density at radius 3 is 1.31 bits per heavy atom. The van der Waals surface area contributed by atoms with Gasteiger partial charge in [-0.25, -0.2) is 16.8 Å². The molecule has 0 rings (SSSR count). The van der Waals surface area contributed by atoms with Gasteiger partial charge in [0.05, 0.1) is 31.0 Å². The molecule has 0 aromatic heterocycles. The lowest BCUT2D eigenvalue weighted by Crippen LogP contribution is -2.44. The molecule has 0 bridgehead atoms. The third-order valence-corrected chi connectivity index (χ3v) is 9.08. The fraction of sp³-hybridized carbons (Fsp3) is 0.875. The quantitative estimate of drug-likeness (QED) is 0.360. The van der Waals surface area contributed by atoms with E-state index in [9.17, 15) is 52.8 Å². The fourth-order valence-corrected chi connectivity index (χ4v) is 4.18. The van der Waals surface area contributed by atoms with Crippen molar-refractivity contribution in [3.05, 3.63) is 0 Å². The minimum atomic E-state index is -4.61. The Balaban J connectivity index is 0. The van der Waals surface area contributed by atoms with Crippen molar-refractivity contribution in [1.29, 1.82) is 0 Å². The van der Waals surface area contributed by atoms with Gasteiger partial charge in [0, 0.05) is 0 Å². The Hall–Kier alpha value is -1.58. The monoisotopic (exact) mass is 524 g/mol. The first kappa shape index (κ1) is 32.6. The van der Waals surface area contributed by atoms with Gasteiger partial charge in [0.15, 0.2) is 29.2 Å². The van der Waals surface area contributed by atoms with Crippen LogP contribution in [0.3, 0.4) is 0 Å². The third-order valence-electron chi connectivity index (χ3n) is 4.15. The molecule has 1 N–H and O–H groups in total. The summed E-state index contributed by atoms with van der Waals surface area (Å²) in [4.78, 5) is 21.9. The van der Waals surface area contributed by atoms with Crippen LogP contribution in [0.5, 0.6) is 0 Å². The van der Waals surface area contributed by atoms with Gasteiger partial charge in [-0.2, -0.15) is 26.3 Å². The zero-order chi connectivity index (χ0) is 26.4. The van der Waals surface area contributed by atoms with E-state index < -0.39 is 77.8 Å².